The van der Waals surface area contributed by atoms with Crippen LogP contribution < -0.4 is 0 Å². The van der Waals surface area contributed by atoms with Crippen molar-refractivity contribution in [3.8, 4) is 0 Å². The van der Waals surface area contributed by atoms with E-state index in [1.807, 2.05) is 18.2 Å². The summed E-state index contributed by atoms with van der Waals surface area (Å²) >= 11 is 3.47. The van der Waals surface area contributed by atoms with Gasteiger partial charge in [0, 0.05) is 11.5 Å². The van der Waals surface area contributed by atoms with Crippen molar-refractivity contribution in [2.24, 2.45) is 4.99 Å². The molecule has 2 rings (SSSR count). The lowest BCUT2D eigenvalue weighted by atomic mass is 10.1. The van der Waals surface area contributed by atoms with E-state index in [4.69, 9.17) is 4.74 Å². The summed E-state index contributed by atoms with van der Waals surface area (Å²) in [5.41, 5.74) is 1.64. The second-order valence-corrected chi connectivity index (χ2v) is 6.22. The Morgan fingerprint density at radius 2 is 2.33 bits per heavy atom. The van der Waals surface area contributed by atoms with Gasteiger partial charge in [-0.2, -0.15) is 0 Å². The molecule has 0 saturated carbocycles. The molecular weight excluding hydrogens is 266 g/mol. The lowest BCUT2D eigenvalue weighted by molar-refractivity contribution is 0.0600. The smallest absolute Gasteiger partial charge is 0.338 e. The molecule has 1 aromatic carbocycles. The predicted octanol–water partition coefficient (Wildman–Crippen LogP) is 3.20. The van der Waals surface area contributed by atoms with Crippen LogP contribution in [0.3, 0.4) is 0 Å². The highest BCUT2D eigenvalue weighted by Crippen LogP contribution is 2.29. The average molecular weight is 281 g/mol. The van der Waals surface area contributed by atoms with E-state index in [0.29, 0.717) is 11.6 Å². The maximum atomic E-state index is 11.6. The van der Waals surface area contributed by atoms with Crippen LogP contribution in [0.15, 0.2) is 29.3 Å². The molecule has 1 atom stereocenters. The van der Waals surface area contributed by atoms with Crippen molar-refractivity contribution in [3.05, 3.63) is 35.4 Å². The van der Waals surface area contributed by atoms with Crippen LogP contribution in [-0.2, 0) is 10.5 Å². The summed E-state index contributed by atoms with van der Waals surface area (Å²) in [6.07, 6.45) is 0. The van der Waals surface area contributed by atoms with Gasteiger partial charge in [0.1, 0.15) is 4.38 Å². The number of carbonyl (C=O) groups excluding carboxylic acids is 1. The molecule has 0 bridgehead atoms. The van der Waals surface area contributed by atoms with Crippen LogP contribution in [0.2, 0.25) is 0 Å². The van der Waals surface area contributed by atoms with Gasteiger partial charge >= 0.3 is 5.97 Å². The van der Waals surface area contributed by atoms with E-state index in [0.717, 1.165) is 21.4 Å². The van der Waals surface area contributed by atoms with Gasteiger partial charge in [-0.05, 0) is 18.6 Å². The molecule has 0 spiro atoms. The van der Waals surface area contributed by atoms with Crippen molar-refractivity contribution in [2.75, 3.05) is 12.9 Å². The van der Waals surface area contributed by atoms with Gasteiger partial charge in [0.2, 0.25) is 0 Å². The minimum Gasteiger partial charge on any atom is -0.465 e. The highest BCUT2D eigenvalue weighted by molar-refractivity contribution is 8.38. The third kappa shape index (κ3) is 3.29. The Hall–Kier alpha value is -0.940. The number of esters is 1. The highest BCUT2D eigenvalue weighted by Gasteiger charge is 2.16. The van der Waals surface area contributed by atoms with E-state index in [1.54, 1.807) is 29.6 Å². The zero-order chi connectivity index (χ0) is 13.0. The molecule has 0 radical (unpaired) electrons. The van der Waals surface area contributed by atoms with Crippen LogP contribution in [0.4, 0.5) is 0 Å². The molecule has 0 amide bonds. The monoisotopic (exact) mass is 281 g/mol. The van der Waals surface area contributed by atoms with Gasteiger partial charge in [0.15, 0.2) is 0 Å². The van der Waals surface area contributed by atoms with Gasteiger partial charge < -0.3 is 4.74 Å². The van der Waals surface area contributed by atoms with Crippen molar-refractivity contribution in [3.63, 3.8) is 0 Å². The topological polar surface area (TPSA) is 38.7 Å². The number of hydrogen-bond donors (Lipinski definition) is 0. The molecule has 1 aromatic rings. The molecule has 0 saturated heterocycles. The summed E-state index contributed by atoms with van der Waals surface area (Å²) in [6, 6.07) is 7.96. The third-order valence-corrected chi connectivity index (χ3v) is 5.06. The summed E-state index contributed by atoms with van der Waals surface area (Å²) in [6.45, 7) is 2.11. The SMILES string of the molecule is COC(=O)c1ccccc1CSC1=N[C@@H](C)CS1. The molecule has 0 unspecified atom stereocenters. The van der Waals surface area contributed by atoms with Gasteiger partial charge in [-0.15, -0.1) is 0 Å². The predicted molar refractivity (Wildman–Crippen MR) is 78.4 cm³/mol. The summed E-state index contributed by atoms with van der Waals surface area (Å²) < 4.78 is 5.90. The van der Waals surface area contributed by atoms with Crippen LogP contribution in [0.1, 0.15) is 22.8 Å². The highest BCUT2D eigenvalue weighted by atomic mass is 32.2. The number of ether oxygens (including phenoxy) is 1. The molecule has 0 aromatic heterocycles. The Kier molecular flexibility index (Phi) is 4.72. The molecule has 0 fully saturated rings. The summed E-state index contributed by atoms with van der Waals surface area (Å²) in [5, 5.41) is 0. The number of rotatable bonds is 3. The molecule has 0 N–H and O–H groups in total. The van der Waals surface area contributed by atoms with E-state index in [1.165, 1.54) is 7.11 Å². The van der Waals surface area contributed by atoms with E-state index >= 15 is 0 Å². The van der Waals surface area contributed by atoms with Crippen LogP contribution in [0, 0.1) is 0 Å². The number of thioether (sulfide) groups is 2. The molecule has 3 nitrogen and oxygen atoms in total. The van der Waals surface area contributed by atoms with Gasteiger partial charge in [0.05, 0.1) is 18.7 Å². The first kappa shape index (κ1) is 13.5. The van der Waals surface area contributed by atoms with E-state index < -0.39 is 0 Å². The Balaban J connectivity index is 2.05. The number of nitrogens with zero attached hydrogens (tertiary/aromatic N) is 1. The Labute approximate surface area is 115 Å². The zero-order valence-corrected chi connectivity index (χ0v) is 12.0. The normalized spacial score (nSPS) is 18.6. The van der Waals surface area contributed by atoms with Crippen molar-refractivity contribution in [1.82, 2.24) is 0 Å². The van der Waals surface area contributed by atoms with Crippen molar-refractivity contribution in [2.45, 2.75) is 18.7 Å². The lowest BCUT2D eigenvalue weighted by Gasteiger charge is -2.06. The van der Waals surface area contributed by atoms with Crippen LogP contribution in [0.25, 0.3) is 0 Å². The number of methoxy groups -OCH3 is 1. The molecule has 1 aliphatic heterocycles. The molecule has 0 aliphatic carbocycles. The van der Waals surface area contributed by atoms with Crippen LogP contribution in [-0.4, -0.2) is 29.2 Å². The first-order valence-electron chi connectivity index (χ1n) is 5.70. The largest absolute Gasteiger partial charge is 0.465 e. The van der Waals surface area contributed by atoms with Gasteiger partial charge in [-0.3, -0.25) is 4.99 Å². The standard InChI is InChI=1S/C13H15NO2S2/c1-9-7-17-13(14-9)18-8-10-5-3-4-6-11(10)12(15)16-2/h3-6,9H,7-8H2,1-2H3/t9-/m0/s1. The zero-order valence-electron chi connectivity index (χ0n) is 10.4. The Bertz CT molecular complexity index is 474. The van der Waals surface area contributed by atoms with Crippen molar-refractivity contribution < 1.29 is 9.53 Å². The molecule has 18 heavy (non-hydrogen) atoms. The minimum absolute atomic E-state index is 0.277. The van der Waals surface area contributed by atoms with Gasteiger partial charge in [0.25, 0.3) is 0 Å². The average Bonchev–Trinajstić information content (AvgIpc) is 2.81. The van der Waals surface area contributed by atoms with E-state index in [-0.39, 0.29) is 5.97 Å². The van der Waals surface area contributed by atoms with E-state index in [9.17, 15) is 4.79 Å². The Morgan fingerprint density at radius 1 is 1.56 bits per heavy atom. The van der Waals surface area contributed by atoms with Gasteiger partial charge in [-0.25, -0.2) is 4.79 Å². The first-order valence-corrected chi connectivity index (χ1v) is 7.67. The van der Waals surface area contributed by atoms with Gasteiger partial charge in [-0.1, -0.05) is 41.7 Å². The molecule has 5 heteroatoms. The molecule has 1 aliphatic rings. The quantitative estimate of drug-likeness (QED) is 0.798. The molecular formula is C13H15NO2S2. The number of hydrogen-bond acceptors (Lipinski definition) is 5. The lowest BCUT2D eigenvalue weighted by Crippen LogP contribution is -2.05. The maximum absolute atomic E-state index is 11.6. The summed E-state index contributed by atoms with van der Waals surface area (Å²) in [7, 11) is 1.41. The fourth-order valence-corrected chi connectivity index (χ4v) is 3.83. The maximum Gasteiger partial charge on any atom is 0.338 e. The second kappa shape index (κ2) is 6.29. The summed E-state index contributed by atoms with van der Waals surface area (Å²) in [4.78, 5) is 16.1. The first-order chi connectivity index (χ1) is 8.70. The third-order valence-electron chi connectivity index (χ3n) is 2.55. The molecule has 1 heterocycles. The number of benzene rings is 1. The van der Waals surface area contributed by atoms with Crippen LogP contribution >= 0.6 is 23.5 Å². The Morgan fingerprint density at radius 3 is 3.00 bits per heavy atom. The fourth-order valence-electron chi connectivity index (χ4n) is 1.62. The number of aliphatic imine (C=N–C) groups is 1. The van der Waals surface area contributed by atoms with Crippen molar-refractivity contribution in [1.29, 1.82) is 0 Å². The van der Waals surface area contributed by atoms with Crippen molar-refractivity contribution >= 4 is 33.9 Å². The minimum atomic E-state index is -0.277. The molecule has 96 valence electrons. The summed E-state index contributed by atoms with van der Waals surface area (Å²) in [5.74, 6) is 1.53. The second-order valence-electron chi connectivity index (χ2n) is 3.99. The van der Waals surface area contributed by atoms with Crippen LogP contribution in [0.5, 0.6) is 0 Å². The number of carbonyl (C=O) groups is 1. The fraction of sp³-hybridized carbons (Fsp3) is 0.385. The van der Waals surface area contributed by atoms with E-state index in [2.05, 4.69) is 11.9 Å².